The van der Waals surface area contributed by atoms with Crippen molar-refractivity contribution in [1.29, 1.82) is 0 Å². The molecule has 1 atom stereocenters. The summed E-state index contributed by atoms with van der Waals surface area (Å²) < 4.78 is 0.951. The molecule has 1 aromatic rings. The van der Waals surface area contributed by atoms with Crippen LogP contribution in [0, 0.1) is 3.57 Å². The second-order valence-corrected chi connectivity index (χ2v) is 3.66. The van der Waals surface area contributed by atoms with Crippen LogP contribution in [-0.4, -0.2) is 16.8 Å². The van der Waals surface area contributed by atoms with Gasteiger partial charge in [0.2, 0.25) is 0 Å². The zero-order valence-electron chi connectivity index (χ0n) is 6.37. The summed E-state index contributed by atoms with van der Waals surface area (Å²) in [4.78, 5) is 0. The summed E-state index contributed by atoms with van der Waals surface area (Å²) in [7, 11) is 0. The van der Waals surface area contributed by atoms with Crippen molar-refractivity contribution >= 4 is 22.6 Å². The van der Waals surface area contributed by atoms with Gasteiger partial charge < -0.3 is 15.9 Å². The number of aliphatic hydroxyl groups excluding tert-OH is 1. The van der Waals surface area contributed by atoms with Gasteiger partial charge in [0.25, 0.3) is 0 Å². The zero-order valence-corrected chi connectivity index (χ0v) is 8.52. The number of benzene rings is 1. The monoisotopic (exact) mass is 279 g/mol. The molecule has 0 spiro atoms. The quantitative estimate of drug-likeness (QED) is 0.707. The van der Waals surface area contributed by atoms with Gasteiger partial charge in [0.05, 0.1) is 12.6 Å². The van der Waals surface area contributed by atoms with Gasteiger partial charge in [-0.3, -0.25) is 0 Å². The number of aromatic hydroxyl groups is 1. The lowest BCUT2D eigenvalue weighted by molar-refractivity contribution is 0.267. The molecule has 0 bridgehead atoms. The lowest BCUT2D eigenvalue weighted by atomic mass is 10.1. The van der Waals surface area contributed by atoms with E-state index in [1.54, 1.807) is 18.2 Å². The first-order valence-corrected chi connectivity index (χ1v) is 4.58. The van der Waals surface area contributed by atoms with E-state index in [0.717, 1.165) is 9.13 Å². The van der Waals surface area contributed by atoms with E-state index in [2.05, 4.69) is 22.6 Å². The third-order valence-electron chi connectivity index (χ3n) is 1.58. The molecule has 0 aliphatic carbocycles. The summed E-state index contributed by atoms with van der Waals surface area (Å²) in [6, 6.07) is 4.52. The molecule has 0 fully saturated rings. The maximum absolute atomic E-state index is 9.14. The Hall–Kier alpha value is -0.330. The maximum atomic E-state index is 9.14. The number of rotatable bonds is 2. The van der Waals surface area contributed by atoms with Crippen molar-refractivity contribution in [3.8, 4) is 5.75 Å². The number of phenolic OH excluding ortho intramolecular Hbond substituents is 1. The van der Waals surface area contributed by atoms with Gasteiger partial charge in [0.1, 0.15) is 5.75 Å². The Morgan fingerprint density at radius 3 is 2.75 bits per heavy atom. The smallest absolute Gasteiger partial charge is 0.115 e. The van der Waals surface area contributed by atoms with Gasteiger partial charge in [0.15, 0.2) is 0 Å². The third-order valence-corrected chi connectivity index (χ3v) is 2.56. The van der Waals surface area contributed by atoms with E-state index in [0.29, 0.717) is 0 Å². The van der Waals surface area contributed by atoms with Crippen molar-refractivity contribution < 1.29 is 10.2 Å². The summed E-state index contributed by atoms with van der Waals surface area (Å²) in [5, 5.41) is 17.9. The second-order valence-electron chi connectivity index (χ2n) is 2.49. The van der Waals surface area contributed by atoms with Crippen LogP contribution in [0.25, 0.3) is 0 Å². The fourth-order valence-corrected chi connectivity index (χ4v) is 1.65. The average molecular weight is 279 g/mol. The SMILES string of the molecule is N[C@@H](CO)c1cc(O)ccc1I. The lowest BCUT2D eigenvalue weighted by Gasteiger charge is -2.10. The van der Waals surface area contributed by atoms with Crippen LogP contribution in [-0.2, 0) is 0 Å². The van der Waals surface area contributed by atoms with Crippen LogP contribution in [0.3, 0.4) is 0 Å². The molecule has 0 aromatic heterocycles. The summed E-state index contributed by atoms with van der Waals surface area (Å²) in [6.45, 7) is -0.112. The zero-order chi connectivity index (χ0) is 9.14. The van der Waals surface area contributed by atoms with Crippen LogP contribution in [0.5, 0.6) is 5.75 Å². The second kappa shape index (κ2) is 4.06. The minimum absolute atomic E-state index is 0.112. The summed E-state index contributed by atoms with van der Waals surface area (Å²) in [5.74, 6) is 0.175. The summed E-state index contributed by atoms with van der Waals surface area (Å²) in [5.41, 5.74) is 6.37. The number of halogens is 1. The highest BCUT2D eigenvalue weighted by molar-refractivity contribution is 14.1. The Balaban J connectivity index is 3.04. The van der Waals surface area contributed by atoms with Crippen LogP contribution in [0.1, 0.15) is 11.6 Å². The number of aliphatic hydroxyl groups is 1. The summed E-state index contributed by atoms with van der Waals surface area (Å²) in [6.07, 6.45) is 0. The molecule has 0 unspecified atom stereocenters. The van der Waals surface area contributed by atoms with Crippen molar-refractivity contribution in [2.75, 3.05) is 6.61 Å². The van der Waals surface area contributed by atoms with Gasteiger partial charge in [-0.15, -0.1) is 0 Å². The molecule has 4 N–H and O–H groups in total. The fourth-order valence-electron chi connectivity index (χ4n) is 0.914. The van der Waals surface area contributed by atoms with Crippen LogP contribution < -0.4 is 5.73 Å². The van der Waals surface area contributed by atoms with Crippen LogP contribution in [0.2, 0.25) is 0 Å². The first-order chi connectivity index (χ1) is 5.65. The average Bonchev–Trinajstić information content (AvgIpc) is 2.08. The molecule has 0 aliphatic rings. The van der Waals surface area contributed by atoms with Gasteiger partial charge >= 0.3 is 0 Å². The fraction of sp³-hybridized carbons (Fsp3) is 0.250. The predicted octanol–water partition coefficient (Wildman–Crippen LogP) is 0.989. The highest BCUT2D eigenvalue weighted by atomic mass is 127. The number of nitrogens with two attached hydrogens (primary N) is 1. The molecule has 1 aromatic carbocycles. The number of hydrogen-bond acceptors (Lipinski definition) is 3. The van der Waals surface area contributed by atoms with E-state index in [1.807, 2.05) is 0 Å². The molecule has 1 rings (SSSR count). The molecule has 0 saturated heterocycles. The van der Waals surface area contributed by atoms with Crippen LogP contribution in [0.15, 0.2) is 18.2 Å². The van der Waals surface area contributed by atoms with Crippen molar-refractivity contribution in [2.24, 2.45) is 5.73 Å². The van der Waals surface area contributed by atoms with Gasteiger partial charge in [0, 0.05) is 3.57 Å². The van der Waals surface area contributed by atoms with Gasteiger partial charge in [-0.1, -0.05) is 0 Å². The van der Waals surface area contributed by atoms with Gasteiger partial charge in [-0.25, -0.2) is 0 Å². The van der Waals surface area contributed by atoms with Crippen molar-refractivity contribution in [3.63, 3.8) is 0 Å². The first-order valence-electron chi connectivity index (χ1n) is 3.50. The number of hydrogen-bond donors (Lipinski definition) is 3. The first kappa shape index (κ1) is 9.76. The molecule has 0 aliphatic heterocycles. The van der Waals surface area contributed by atoms with Gasteiger partial charge in [-0.05, 0) is 46.4 Å². The molecule has 12 heavy (non-hydrogen) atoms. The Kier molecular flexibility index (Phi) is 3.30. The largest absolute Gasteiger partial charge is 0.508 e. The molecule has 0 saturated carbocycles. The molecule has 4 heteroatoms. The van der Waals surface area contributed by atoms with Crippen LogP contribution in [0.4, 0.5) is 0 Å². The molecular formula is C8H10INO2. The minimum atomic E-state index is -0.413. The summed E-state index contributed by atoms with van der Waals surface area (Å²) >= 11 is 2.11. The van der Waals surface area contributed by atoms with Crippen molar-refractivity contribution in [2.45, 2.75) is 6.04 Å². The van der Waals surface area contributed by atoms with E-state index in [4.69, 9.17) is 15.9 Å². The maximum Gasteiger partial charge on any atom is 0.115 e. The standard InChI is InChI=1S/C8H10INO2/c9-7-2-1-5(12)3-6(7)8(10)4-11/h1-3,8,11-12H,4,10H2/t8-/m0/s1. The predicted molar refractivity (Wildman–Crippen MR) is 54.8 cm³/mol. The topological polar surface area (TPSA) is 66.5 Å². The highest BCUT2D eigenvalue weighted by Crippen LogP contribution is 2.22. The molecule has 0 radical (unpaired) electrons. The Bertz CT molecular complexity index is 278. The van der Waals surface area contributed by atoms with E-state index >= 15 is 0 Å². The molecule has 0 amide bonds. The minimum Gasteiger partial charge on any atom is -0.508 e. The normalized spacial score (nSPS) is 12.9. The van der Waals surface area contributed by atoms with Crippen LogP contribution >= 0.6 is 22.6 Å². The third kappa shape index (κ3) is 2.09. The number of phenols is 1. The van der Waals surface area contributed by atoms with Crippen molar-refractivity contribution in [1.82, 2.24) is 0 Å². The van der Waals surface area contributed by atoms with Crippen molar-refractivity contribution in [3.05, 3.63) is 27.3 Å². The Labute approximate surface area is 84.4 Å². The molecule has 66 valence electrons. The Morgan fingerprint density at radius 2 is 2.17 bits per heavy atom. The molecule has 3 nitrogen and oxygen atoms in total. The van der Waals surface area contributed by atoms with E-state index < -0.39 is 6.04 Å². The van der Waals surface area contributed by atoms with E-state index in [-0.39, 0.29) is 12.4 Å². The molecule has 0 heterocycles. The highest BCUT2D eigenvalue weighted by Gasteiger charge is 2.08. The Morgan fingerprint density at radius 1 is 1.50 bits per heavy atom. The lowest BCUT2D eigenvalue weighted by Crippen LogP contribution is -2.15. The molecular weight excluding hydrogens is 269 g/mol. The van der Waals surface area contributed by atoms with Gasteiger partial charge in [-0.2, -0.15) is 0 Å². The van der Waals surface area contributed by atoms with E-state index in [9.17, 15) is 0 Å². The van der Waals surface area contributed by atoms with E-state index in [1.165, 1.54) is 0 Å².